The number of unbranched alkanes of at least 4 members (excludes halogenated alkanes) is 4. The van der Waals surface area contributed by atoms with Crippen LogP contribution in [0.1, 0.15) is 39.0 Å². The smallest absolute Gasteiger partial charge is 0.136 e. The van der Waals surface area contributed by atoms with Crippen LogP contribution in [0.3, 0.4) is 0 Å². The molecule has 1 rings (SSSR count). The maximum atomic E-state index is 5.63. The maximum absolute atomic E-state index is 5.63. The van der Waals surface area contributed by atoms with Crippen molar-refractivity contribution in [1.29, 1.82) is 0 Å². The molecule has 0 N–H and O–H groups in total. The highest BCUT2D eigenvalue weighted by molar-refractivity contribution is 9.10. The molecule has 1 aromatic rings. The fourth-order valence-electron chi connectivity index (χ4n) is 1.37. The minimum Gasteiger partial charge on any atom is -0.492 e. The van der Waals surface area contributed by atoms with Crippen molar-refractivity contribution in [2.24, 2.45) is 0 Å². The summed E-state index contributed by atoms with van der Waals surface area (Å²) in [7, 11) is 0. The van der Waals surface area contributed by atoms with Gasteiger partial charge < -0.3 is 4.74 Å². The van der Waals surface area contributed by atoms with E-state index in [9.17, 15) is 0 Å². The van der Waals surface area contributed by atoms with Crippen molar-refractivity contribution >= 4 is 15.9 Å². The van der Waals surface area contributed by atoms with Gasteiger partial charge in [0.25, 0.3) is 0 Å². The summed E-state index contributed by atoms with van der Waals surface area (Å²) in [6, 6.07) is 1.89. The molecule has 0 aliphatic heterocycles. The second kappa shape index (κ2) is 7.69. The monoisotopic (exact) mass is 271 g/mol. The molecule has 0 aliphatic carbocycles. The highest BCUT2D eigenvalue weighted by Gasteiger charge is 1.98. The van der Waals surface area contributed by atoms with Crippen LogP contribution in [-0.2, 0) is 0 Å². The van der Waals surface area contributed by atoms with Crippen LogP contribution in [0.25, 0.3) is 0 Å². The lowest BCUT2D eigenvalue weighted by Gasteiger charge is -2.06. The summed E-state index contributed by atoms with van der Waals surface area (Å²) in [6.07, 6.45) is 9.84. The number of aromatic nitrogens is 1. The van der Waals surface area contributed by atoms with Crippen LogP contribution >= 0.6 is 15.9 Å². The first-order valence-electron chi connectivity index (χ1n) is 5.57. The van der Waals surface area contributed by atoms with Crippen LogP contribution in [0.4, 0.5) is 0 Å². The van der Waals surface area contributed by atoms with Crippen molar-refractivity contribution < 1.29 is 4.74 Å². The Balaban J connectivity index is 2.12. The lowest BCUT2D eigenvalue weighted by molar-refractivity contribution is 0.302. The Kier molecular flexibility index (Phi) is 6.41. The zero-order valence-electron chi connectivity index (χ0n) is 9.21. The van der Waals surface area contributed by atoms with Gasteiger partial charge in [-0.1, -0.05) is 32.6 Å². The molecule has 0 aliphatic rings. The van der Waals surface area contributed by atoms with Crippen molar-refractivity contribution in [3.8, 4) is 5.75 Å². The van der Waals surface area contributed by atoms with Gasteiger partial charge in [-0.2, -0.15) is 0 Å². The quantitative estimate of drug-likeness (QED) is 0.694. The van der Waals surface area contributed by atoms with Gasteiger partial charge in [-0.25, -0.2) is 0 Å². The number of hydrogen-bond donors (Lipinski definition) is 0. The molecule has 0 unspecified atom stereocenters. The molecule has 1 heterocycles. The van der Waals surface area contributed by atoms with E-state index in [0.29, 0.717) is 0 Å². The third kappa shape index (κ3) is 5.17. The Bertz CT molecular complexity index is 278. The summed E-state index contributed by atoms with van der Waals surface area (Å²) >= 11 is 3.40. The first-order chi connectivity index (χ1) is 7.34. The van der Waals surface area contributed by atoms with Crippen LogP contribution in [-0.4, -0.2) is 11.6 Å². The first kappa shape index (κ1) is 12.5. The number of halogens is 1. The molecule has 0 bridgehead atoms. The summed E-state index contributed by atoms with van der Waals surface area (Å²) in [5.41, 5.74) is 0. The Morgan fingerprint density at radius 2 is 2.07 bits per heavy atom. The van der Waals surface area contributed by atoms with E-state index in [0.717, 1.165) is 23.2 Å². The lowest BCUT2D eigenvalue weighted by Crippen LogP contribution is -1.98. The number of nitrogens with zero attached hydrogens (tertiary/aromatic N) is 1. The van der Waals surface area contributed by atoms with Crippen molar-refractivity contribution in [1.82, 2.24) is 4.98 Å². The molecule has 0 radical (unpaired) electrons. The minimum atomic E-state index is 0.798. The van der Waals surface area contributed by atoms with Gasteiger partial charge in [0.1, 0.15) is 5.75 Å². The average molecular weight is 272 g/mol. The first-order valence-corrected chi connectivity index (χ1v) is 6.36. The lowest BCUT2D eigenvalue weighted by atomic mass is 10.2. The fourth-order valence-corrected chi connectivity index (χ4v) is 1.73. The van der Waals surface area contributed by atoms with Crippen LogP contribution < -0.4 is 4.74 Å². The zero-order valence-corrected chi connectivity index (χ0v) is 10.8. The summed E-state index contributed by atoms with van der Waals surface area (Å²) in [4.78, 5) is 3.99. The predicted molar refractivity (Wildman–Crippen MR) is 66.2 cm³/mol. The standard InChI is InChI=1S/C12H18BrNO/c1-2-3-4-5-6-9-15-12-7-8-14-10-11(12)13/h7-8,10H,2-6,9H2,1H3. The third-order valence-corrected chi connectivity index (χ3v) is 2.84. The van der Waals surface area contributed by atoms with Gasteiger partial charge in [0.2, 0.25) is 0 Å². The topological polar surface area (TPSA) is 22.1 Å². The van der Waals surface area contributed by atoms with Gasteiger partial charge in [-0.15, -0.1) is 0 Å². The number of hydrogen-bond acceptors (Lipinski definition) is 2. The van der Waals surface area contributed by atoms with Crippen molar-refractivity contribution in [2.75, 3.05) is 6.61 Å². The van der Waals surface area contributed by atoms with Crippen LogP contribution in [0.15, 0.2) is 22.9 Å². The van der Waals surface area contributed by atoms with Gasteiger partial charge in [-0.3, -0.25) is 4.98 Å². The average Bonchev–Trinajstić information content (AvgIpc) is 2.25. The van der Waals surface area contributed by atoms with Crippen LogP contribution in [0.2, 0.25) is 0 Å². The summed E-state index contributed by atoms with van der Waals surface area (Å²) in [6.45, 7) is 3.02. The molecule has 0 aromatic carbocycles. The second-order valence-corrected chi connectivity index (χ2v) is 4.42. The van der Waals surface area contributed by atoms with E-state index in [-0.39, 0.29) is 0 Å². The van der Waals surface area contributed by atoms with Gasteiger partial charge >= 0.3 is 0 Å². The molecule has 0 amide bonds. The van der Waals surface area contributed by atoms with Gasteiger partial charge in [0.05, 0.1) is 11.1 Å². The molecular formula is C12H18BrNO. The Hall–Kier alpha value is -0.570. The second-order valence-electron chi connectivity index (χ2n) is 3.57. The normalized spacial score (nSPS) is 10.3. The van der Waals surface area contributed by atoms with Gasteiger partial charge in [0, 0.05) is 12.4 Å². The number of rotatable bonds is 7. The number of ether oxygens (including phenoxy) is 1. The van der Waals surface area contributed by atoms with E-state index in [1.807, 2.05) is 6.07 Å². The predicted octanol–water partition coefficient (Wildman–Crippen LogP) is 4.19. The molecule has 0 fully saturated rings. The van der Waals surface area contributed by atoms with E-state index in [1.165, 1.54) is 25.7 Å². The van der Waals surface area contributed by atoms with Gasteiger partial charge in [0.15, 0.2) is 0 Å². The molecule has 3 heteroatoms. The number of pyridine rings is 1. The van der Waals surface area contributed by atoms with E-state index in [4.69, 9.17) is 4.74 Å². The van der Waals surface area contributed by atoms with E-state index in [2.05, 4.69) is 27.8 Å². The van der Waals surface area contributed by atoms with Crippen LogP contribution in [0, 0.1) is 0 Å². The van der Waals surface area contributed by atoms with E-state index in [1.54, 1.807) is 12.4 Å². The SMILES string of the molecule is CCCCCCCOc1ccncc1Br. The summed E-state index contributed by atoms with van der Waals surface area (Å²) in [5, 5.41) is 0. The molecule has 2 nitrogen and oxygen atoms in total. The minimum absolute atomic E-state index is 0.798. The summed E-state index contributed by atoms with van der Waals surface area (Å²) < 4.78 is 6.56. The molecule has 15 heavy (non-hydrogen) atoms. The van der Waals surface area contributed by atoms with E-state index >= 15 is 0 Å². The molecular weight excluding hydrogens is 254 g/mol. The molecule has 0 saturated heterocycles. The summed E-state index contributed by atoms with van der Waals surface area (Å²) in [5.74, 6) is 0.889. The molecule has 0 saturated carbocycles. The van der Waals surface area contributed by atoms with Crippen molar-refractivity contribution in [2.45, 2.75) is 39.0 Å². The Morgan fingerprint density at radius 3 is 2.80 bits per heavy atom. The Labute approximate surface area is 100 Å². The van der Waals surface area contributed by atoms with Gasteiger partial charge in [-0.05, 0) is 28.4 Å². The van der Waals surface area contributed by atoms with Crippen LogP contribution in [0.5, 0.6) is 5.75 Å². The maximum Gasteiger partial charge on any atom is 0.136 e. The molecule has 0 spiro atoms. The highest BCUT2D eigenvalue weighted by atomic mass is 79.9. The van der Waals surface area contributed by atoms with Crippen molar-refractivity contribution in [3.05, 3.63) is 22.9 Å². The largest absolute Gasteiger partial charge is 0.492 e. The third-order valence-electron chi connectivity index (χ3n) is 2.24. The highest BCUT2D eigenvalue weighted by Crippen LogP contribution is 2.22. The fraction of sp³-hybridized carbons (Fsp3) is 0.583. The molecule has 1 aromatic heterocycles. The molecule has 0 atom stereocenters. The van der Waals surface area contributed by atoms with E-state index < -0.39 is 0 Å². The Morgan fingerprint density at radius 1 is 1.27 bits per heavy atom. The zero-order chi connectivity index (χ0) is 10.9. The van der Waals surface area contributed by atoms with Crippen molar-refractivity contribution in [3.63, 3.8) is 0 Å². The molecule has 84 valence electrons.